The fraction of sp³-hybridized carbons (Fsp3) is 0.586. The second-order valence-electron chi connectivity index (χ2n) is 11.6. The van der Waals surface area contributed by atoms with Crippen molar-refractivity contribution in [3.05, 3.63) is 46.3 Å². The zero-order valence-electron chi connectivity index (χ0n) is 23.2. The number of aryl methyl sites for hydroxylation is 1. The normalized spacial score (nSPS) is 20.5. The highest BCUT2D eigenvalue weighted by atomic mass is 16.6. The number of piperazine rings is 1. The van der Waals surface area contributed by atoms with Crippen molar-refractivity contribution in [3.63, 3.8) is 0 Å². The number of nitrogens with zero attached hydrogens (tertiary/aromatic N) is 6. The van der Waals surface area contributed by atoms with Gasteiger partial charge in [0.1, 0.15) is 12.1 Å². The first-order valence-electron chi connectivity index (χ1n) is 14.2. The van der Waals surface area contributed by atoms with E-state index >= 15 is 0 Å². The van der Waals surface area contributed by atoms with Gasteiger partial charge in [0.25, 0.3) is 5.91 Å². The molecule has 0 bridgehead atoms. The van der Waals surface area contributed by atoms with Crippen LogP contribution in [0.4, 0.5) is 10.5 Å². The standard InChI is InChI=1S/C29H38N6O4/c1-20-6-4-8-23(21(20)2)32-14-16-33(17-15-32)25(36)18-35-24-9-5-7-22(24)26(30-35)27(37)34-12-10-29(11-13-34)19-31(3)28(38)39-29/h4,6,8H,5,7,9-19H2,1-3H3. The van der Waals surface area contributed by atoms with Crippen LogP contribution in [0.3, 0.4) is 0 Å². The van der Waals surface area contributed by atoms with E-state index in [1.165, 1.54) is 16.8 Å². The second kappa shape index (κ2) is 9.88. The molecule has 4 aliphatic rings. The summed E-state index contributed by atoms with van der Waals surface area (Å²) < 4.78 is 7.43. The minimum Gasteiger partial charge on any atom is -0.441 e. The molecule has 1 spiro atoms. The van der Waals surface area contributed by atoms with Crippen LogP contribution in [-0.4, -0.2) is 101 Å². The van der Waals surface area contributed by atoms with Gasteiger partial charge in [0.15, 0.2) is 5.69 Å². The topological polar surface area (TPSA) is 91.2 Å². The Morgan fingerprint density at radius 1 is 1.00 bits per heavy atom. The van der Waals surface area contributed by atoms with E-state index in [1.54, 1.807) is 16.6 Å². The third kappa shape index (κ3) is 4.63. The number of piperidine rings is 1. The molecule has 1 aromatic carbocycles. The van der Waals surface area contributed by atoms with Crippen molar-refractivity contribution in [2.45, 2.75) is 58.1 Å². The van der Waals surface area contributed by atoms with Crippen LogP contribution in [0, 0.1) is 13.8 Å². The number of aromatic nitrogens is 2. The molecule has 1 aromatic heterocycles. The van der Waals surface area contributed by atoms with Crippen molar-refractivity contribution in [1.29, 1.82) is 0 Å². The Balaban J connectivity index is 1.09. The summed E-state index contributed by atoms with van der Waals surface area (Å²) in [6, 6.07) is 6.38. The van der Waals surface area contributed by atoms with E-state index < -0.39 is 5.60 Å². The molecule has 0 atom stereocenters. The molecule has 3 saturated heterocycles. The van der Waals surface area contributed by atoms with Gasteiger partial charge in [-0.1, -0.05) is 12.1 Å². The molecule has 2 aromatic rings. The van der Waals surface area contributed by atoms with E-state index in [0.717, 1.165) is 43.6 Å². The maximum absolute atomic E-state index is 13.5. The Morgan fingerprint density at radius 2 is 1.74 bits per heavy atom. The molecule has 1 aliphatic carbocycles. The number of amides is 3. The first-order valence-corrected chi connectivity index (χ1v) is 14.2. The minimum absolute atomic E-state index is 0.0545. The summed E-state index contributed by atoms with van der Waals surface area (Å²) in [6.07, 6.45) is 3.60. The Hall–Kier alpha value is -3.56. The lowest BCUT2D eigenvalue weighted by Gasteiger charge is -2.37. The van der Waals surface area contributed by atoms with Gasteiger partial charge >= 0.3 is 6.09 Å². The van der Waals surface area contributed by atoms with Crippen molar-refractivity contribution in [2.75, 3.05) is 57.8 Å². The van der Waals surface area contributed by atoms with Gasteiger partial charge in [0.05, 0.1) is 6.54 Å². The van der Waals surface area contributed by atoms with Crippen molar-refractivity contribution in [3.8, 4) is 0 Å². The molecular weight excluding hydrogens is 496 g/mol. The number of carbonyl (C=O) groups excluding carboxylic acids is 3. The number of likely N-dealkylation sites (N-methyl/N-ethyl adjacent to an activating group) is 1. The molecule has 3 amide bonds. The van der Waals surface area contributed by atoms with Crippen LogP contribution in [0.15, 0.2) is 18.2 Å². The summed E-state index contributed by atoms with van der Waals surface area (Å²) in [5.41, 5.74) is 5.85. The molecule has 208 valence electrons. The average Bonchev–Trinajstić information content (AvgIpc) is 3.61. The zero-order chi connectivity index (χ0) is 27.3. The van der Waals surface area contributed by atoms with Crippen molar-refractivity contribution in [1.82, 2.24) is 24.5 Å². The van der Waals surface area contributed by atoms with Gasteiger partial charge in [-0.15, -0.1) is 0 Å². The highest BCUT2D eigenvalue weighted by molar-refractivity contribution is 5.94. The Bertz CT molecular complexity index is 1300. The number of hydrogen-bond donors (Lipinski definition) is 0. The van der Waals surface area contributed by atoms with Crippen molar-refractivity contribution >= 4 is 23.6 Å². The summed E-state index contributed by atoms with van der Waals surface area (Å²) >= 11 is 0. The van der Waals surface area contributed by atoms with Gasteiger partial charge in [0.2, 0.25) is 5.91 Å². The number of hydrogen-bond acceptors (Lipinski definition) is 6. The molecule has 10 nitrogen and oxygen atoms in total. The lowest BCUT2D eigenvalue weighted by molar-refractivity contribution is -0.132. The van der Waals surface area contributed by atoms with E-state index in [1.807, 2.05) is 9.80 Å². The van der Waals surface area contributed by atoms with E-state index in [9.17, 15) is 14.4 Å². The predicted octanol–water partition coefficient (Wildman–Crippen LogP) is 2.39. The number of carbonyl (C=O) groups is 3. The Kier molecular flexibility index (Phi) is 6.51. The summed E-state index contributed by atoms with van der Waals surface area (Å²) in [7, 11) is 1.75. The first-order chi connectivity index (χ1) is 18.7. The van der Waals surface area contributed by atoms with Crippen LogP contribution < -0.4 is 4.90 Å². The molecule has 39 heavy (non-hydrogen) atoms. The summed E-state index contributed by atoms with van der Waals surface area (Å²) in [4.78, 5) is 46.5. The molecule has 10 heteroatoms. The van der Waals surface area contributed by atoms with Gasteiger partial charge in [-0.2, -0.15) is 5.10 Å². The summed E-state index contributed by atoms with van der Waals surface area (Å²) in [5.74, 6) is -0.0205. The van der Waals surface area contributed by atoms with Crippen LogP contribution in [0.2, 0.25) is 0 Å². The molecule has 6 rings (SSSR count). The lowest BCUT2D eigenvalue weighted by Crippen LogP contribution is -2.50. The van der Waals surface area contributed by atoms with Crippen LogP contribution in [0.5, 0.6) is 0 Å². The van der Waals surface area contributed by atoms with Crippen LogP contribution in [0.25, 0.3) is 0 Å². The Morgan fingerprint density at radius 3 is 2.44 bits per heavy atom. The fourth-order valence-corrected chi connectivity index (χ4v) is 6.63. The Labute approximate surface area is 229 Å². The van der Waals surface area contributed by atoms with Crippen molar-refractivity contribution < 1.29 is 19.1 Å². The zero-order valence-corrected chi connectivity index (χ0v) is 23.2. The molecule has 0 saturated carbocycles. The molecule has 4 heterocycles. The summed E-state index contributed by atoms with van der Waals surface area (Å²) in [6.45, 7) is 9.06. The predicted molar refractivity (Wildman–Crippen MR) is 146 cm³/mol. The SMILES string of the molecule is Cc1cccc(N2CCN(C(=O)Cn3nc(C(=O)N4CCC5(CC4)CN(C)C(=O)O5)c4c3CCC4)CC2)c1C. The third-order valence-corrected chi connectivity index (χ3v) is 9.15. The second-order valence-corrected chi connectivity index (χ2v) is 11.6. The van der Waals surface area contributed by atoms with Gasteiger partial charge < -0.3 is 24.3 Å². The molecule has 0 radical (unpaired) electrons. The number of likely N-dealkylation sites (tertiary alicyclic amines) is 1. The van der Waals surface area contributed by atoms with E-state index in [0.29, 0.717) is 51.3 Å². The molecule has 0 N–H and O–H groups in total. The van der Waals surface area contributed by atoms with Gasteiger partial charge in [-0.25, -0.2) is 4.79 Å². The highest BCUT2D eigenvalue weighted by Crippen LogP contribution is 2.34. The summed E-state index contributed by atoms with van der Waals surface area (Å²) in [5, 5.41) is 4.71. The van der Waals surface area contributed by atoms with E-state index in [-0.39, 0.29) is 24.5 Å². The quantitative estimate of drug-likeness (QED) is 0.598. The maximum atomic E-state index is 13.5. The fourth-order valence-electron chi connectivity index (χ4n) is 6.63. The maximum Gasteiger partial charge on any atom is 0.410 e. The molecule has 3 aliphatic heterocycles. The molecule has 0 unspecified atom stereocenters. The number of anilines is 1. The van der Waals surface area contributed by atoms with Gasteiger partial charge in [0, 0.05) is 76.1 Å². The smallest absolute Gasteiger partial charge is 0.410 e. The largest absolute Gasteiger partial charge is 0.441 e. The third-order valence-electron chi connectivity index (χ3n) is 9.15. The molecule has 3 fully saturated rings. The first kappa shape index (κ1) is 25.7. The van der Waals surface area contributed by atoms with Crippen molar-refractivity contribution in [2.24, 2.45) is 0 Å². The lowest BCUT2D eigenvalue weighted by atomic mass is 9.91. The molecular formula is C29H38N6O4. The highest BCUT2D eigenvalue weighted by Gasteiger charge is 2.46. The van der Waals surface area contributed by atoms with Crippen LogP contribution in [-0.2, 0) is 28.9 Å². The van der Waals surface area contributed by atoms with E-state index in [4.69, 9.17) is 9.84 Å². The van der Waals surface area contributed by atoms with Crippen LogP contribution >= 0.6 is 0 Å². The van der Waals surface area contributed by atoms with E-state index in [2.05, 4.69) is 36.9 Å². The minimum atomic E-state index is -0.488. The van der Waals surface area contributed by atoms with Gasteiger partial charge in [-0.3, -0.25) is 14.3 Å². The average molecular weight is 535 g/mol. The number of fused-ring (bicyclic) bond motifs is 1. The number of benzene rings is 1. The number of ether oxygens (including phenoxy) is 1. The number of rotatable bonds is 4. The monoisotopic (exact) mass is 534 g/mol. The van der Waals surface area contributed by atoms with Crippen LogP contribution in [0.1, 0.15) is 52.1 Å². The van der Waals surface area contributed by atoms with Gasteiger partial charge in [-0.05, 0) is 50.3 Å².